The Morgan fingerprint density at radius 2 is 1.65 bits per heavy atom. The lowest BCUT2D eigenvalue weighted by Gasteiger charge is -2.24. The number of nitrogens with zero attached hydrogens (tertiary/aromatic N) is 2. The van der Waals surface area contributed by atoms with Crippen LogP contribution in [-0.2, 0) is 22.4 Å². The lowest BCUT2D eigenvalue weighted by Crippen LogP contribution is -2.45. The maximum Gasteiger partial charge on any atom is 0.322 e. The molecule has 2 atom stereocenters. The van der Waals surface area contributed by atoms with Gasteiger partial charge < -0.3 is 25.2 Å². The van der Waals surface area contributed by atoms with Crippen molar-refractivity contribution in [2.75, 3.05) is 44.4 Å². The summed E-state index contributed by atoms with van der Waals surface area (Å²) in [7, 11) is 3.76. The molecule has 0 saturated carbocycles. The fourth-order valence-corrected chi connectivity index (χ4v) is 4.73. The lowest BCUT2D eigenvalue weighted by molar-refractivity contribution is -0.119. The van der Waals surface area contributed by atoms with Crippen LogP contribution in [0.2, 0.25) is 0 Å². The highest BCUT2D eigenvalue weighted by Crippen LogP contribution is 2.25. The number of anilines is 2. The van der Waals surface area contributed by atoms with Gasteiger partial charge in [0.05, 0.1) is 6.10 Å². The minimum atomic E-state index is -0.593. The average molecular weight is 465 g/mol. The van der Waals surface area contributed by atoms with Gasteiger partial charge in [-0.2, -0.15) is 0 Å². The highest BCUT2D eigenvalue weighted by atomic mass is 16.5. The molecular formula is C27H36N4O3. The number of methoxy groups -OCH3 is 1. The van der Waals surface area contributed by atoms with Crippen molar-refractivity contribution in [2.24, 2.45) is 0 Å². The molecule has 2 aromatic rings. The third-order valence-electron chi connectivity index (χ3n) is 6.99. The molecule has 0 unspecified atom stereocenters. The summed E-state index contributed by atoms with van der Waals surface area (Å²) in [6.07, 6.45) is 2.28. The summed E-state index contributed by atoms with van der Waals surface area (Å²) in [5.41, 5.74) is 5.32. The number of likely N-dealkylation sites (N-methyl/N-ethyl adjacent to an activating group) is 1. The monoisotopic (exact) mass is 464 g/mol. The normalized spacial score (nSPS) is 20.7. The van der Waals surface area contributed by atoms with Gasteiger partial charge in [0, 0.05) is 44.5 Å². The molecule has 0 radical (unpaired) electrons. The molecule has 182 valence electrons. The minimum Gasteiger partial charge on any atom is -0.380 e. The summed E-state index contributed by atoms with van der Waals surface area (Å²) >= 11 is 0. The summed E-state index contributed by atoms with van der Waals surface area (Å²) in [6.45, 7) is 6.70. The van der Waals surface area contributed by atoms with Crippen molar-refractivity contribution < 1.29 is 14.3 Å². The standard InChI is InChI=1S/C27H36N4O3/c1-18(2)19-5-8-22(9-6-19)29-27(33)31-17-24(34-4)16-25(31)26(32)28-23-10-7-20-11-13-30(3)14-12-21(20)15-23/h5-10,15,18,24-25H,11-14,16-17H2,1-4H3,(H,28,32)(H,29,33)/t24-,25-/m1/s1. The minimum absolute atomic E-state index is 0.174. The van der Waals surface area contributed by atoms with Gasteiger partial charge >= 0.3 is 6.03 Å². The third-order valence-corrected chi connectivity index (χ3v) is 6.99. The molecule has 0 bridgehead atoms. The van der Waals surface area contributed by atoms with Crippen LogP contribution in [0.15, 0.2) is 42.5 Å². The second-order valence-electron chi connectivity index (χ2n) is 9.74. The first kappa shape index (κ1) is 24.2. The van der Waals surface area contributed by atoms with E-state index in [4.69, 9.17) is 4.74 Å². The number of urea groups is 1. The van der Waals surface area contributed by atoms with Crippen LogP contribution in [0.1, 0.15) is 42.9 Å². The van der Waals surface area contributed by atoms with Gasteiger partial charge in [0.25, 0.3) is 0 Å². The van der Waals surface area contributed by atoms with Crippen LogP contribution < -0.4 is 10.6 Å². The smallest absolute Gasteiger partial charge is 0.322 e. The first-order chi connectivity index (χ1) is 16.3. The van der Waals surface area contributed by atoms with Gasteiger partial charge in [0.15, 0.2) is 0 Å². The number of ether oxygens (including phenoxy) is 1. The van der Waals surface area contributed by atoms with Gasteiger partial charge in [-0.15, -0.1) is 0 Å². The number of carbonyl (C=O) groups is 2. The highest BCUT2D eigenvalue weighted by molar-refractivity contribution is 5.99. The highest BCUT2D eigenvalue weighted by Gasteiger charge is 2.40. The van der Waals surface area contributed by atoms with E-state index in [9.17, 15) is 9.59 Å². The maximum atomic E-state index is 13.3. The van der Waals surface area contributed by atoms with E-state index in [2.05, 4.69) is 48.6 Å². The zero-order valence-electron chi connectivity index (χ0n) is 20.6. The molecule has 7 nitrogen and oxygen atoms in total. The number of likely N-dealkylation sites (tertiary alicyclic amines) is 1. The third kappa shape index (κ3) is 5.59. The molecule has 4 rings (SSSR count). The fourth-order valence-electron chi connectivity index (χ4n) is 4.73. The second kappa shape index (κ2) is 10.6. The van der Waals surface area contributed by atoms with Crippen molar-refractivity contribution in [2.45, 2.75) is 51.2 Å². The summed E-state index contributed by atoms with van der Waals surface area (Å²) < 4.78 is 5.51. The molecule has 3 amide bonds. The van der Waals surface area contributed by atoms with Crippen LogP contribution in [0.5, 0.6) is 0 Å². The molecular weight excluding hydrogens is 428 g/mol. The van der Waals surface area contributed by atoms with E-state index in [0.717, 1.165) is 31.6 Å². The Balaban J connectivity index is 1.45. The molecule has 2 N–H and O–H groups in total. The predicted octanol–water partition coefficient (Wildman–Crippen LogP) is 4.10. The Hall–Kier alpha value is -2.90. The molecule has 34 heavy (non-hydrogen) atoms. The van der Waals surface area contributed by atoms with Crippen LogP contribution in [0.4, 0.5) is 16.2 Å². The average Bonchev–Trinajstić information content (AvgIpc) is 3.19. The Kier molecular flexibility index (Phi) is 7.54. The Bertz CT molecular complexity index is 1020. The number of amides is 3. The topological polar surface area (TPSA) is 73.9 Å². The Morgan fingerprint density at radius 1 is 0.971 bits per heavy atom. The summed E-state index contributed by atoms with van der Waals surface area (Å²) in [5.74, 6) is 0.239. The molecule has 2 aliphatic heterocycles. The van der Waals surface area contributed by atoms with Crippen LogP contribution in [0.25, 0.3) is 0 Å². The molecule has 2 heterocycles. The zero-order chi connectivity index (χ0) is 24.2. The molecule has 2 aromatic carbocycles. The van der Waals surface area contributed by atoms with Crippen molar-refractivity contribution >= 4 is 23.3 Å². The van der Waals surface area contributed by atoms with Crippen molar-refractivity contribution in [3.05, 3.63) is 59.2 Å². The van der Waals surface area contributed by atoms with Crippen molar-refractivity contribution in [1.29, 1.82) is 0 Å². The first-order valence-corrected chi connectivity index (χ1v) is 12.2. The number of nitrogens with one attached hydrogen (secondary N) is 2. The number of hydrogen-bond donors (Lipinski definition) is 2. The Morgan fingerprint density at radius 3 is 2.32 bits per heavy atom. The van der Waals surface area contributed by atoms with Gasteiger partial charge in [0.2, 0.25) is 5.91 Å². The van der Waals surface area contributed by atoms with Gasteiger partial charge in [0.1, 0.15) is 6.04 Å². The molecule has 0 aliphatic carbocycles. The van der Waals surface area contributed by atoms with E-state index in [1.54, 1.807) is 12.0 Å². The molecule has 0 spiro atoms. The van der Waals surface area contributed by atoms with E-state index in [-0.39, 0.29) is 18.0 Å². The number of hydrogen-bond acceptors (Lipinski definition) is 4. The molecule has 1 fully saturated rings. The van der Waals surface area contributed by atoms with Crippen molar-refractivity contribution in [1.82, 2.24) is 9.80 Å². The SMILES string of the molecule is CO[C@@H]1C[C@H](C(=O)Nc2ccc3c(c2)CCN(C)CC3)N(C(=O)Nc2ccc(C(C)C)cc2)C1. The van der Waals surface area contributed by atoms with Gasteiger partial charge in [-0.1, -0.05) is 32.0 Å². The van der Waals surface area contributed by atoms with E-state index >= 15 is 0 Å². The fraction of sp³-hybridized carbons (Fsp3) is 0.481. The van der Waals surface area contributed by atoms with Crippen LogP contribution in [0, 0.1) is 0 Å². The van der Waals surface area contributed by atoms with Crippen LogP contribution >= 0.6 is 0 Å². The number of benzene rings is 2. The quantitative estimate of drug-likeness (QED) is 0.699. The van der Waals surface area contributed by atoms with Crippen molar-refractivity contribution in [3.63, 3.8) is 0 Å². The van der Waals surface area contributed by atoms with Crippen LogP contribution in [-0.4, -0.2) is 67.7 Å². The molecule has 1 saturated heterocycles. The summed E-state index contributed by atoms with van der Waals surface area (Å²) in [4.78, 5) is 30.3. The van der Waals surface area contributed by atoms with E-state index in [1.807, 2.05) is 30.3 Å². The summed E-state index contributed by atoms with van der Waals surface area (Å²) in [5, 5.41) is 5.99. The second-order valence-corrected chi connectivity index (χ2v) is 9.74. The van der Waals surface area contributed by atoms with E-state index < -0.39 is 6.04 Å². The lowest BCUT2D eigenvalue weighted by atomic mass is 10.0. The van der Waals surface area contributed by atoms with Gasteiger partial charge in [-0.3, -0.25) is 4.79 Å². The first-order valence-electron chi connectivity index (χ1n) is 12.2. The largest absolute Gasteiger partial charge is 0.380 e. The van der Waals surface area contributed by atoms with Crippen LogP contribution in [0.3, 0.4) is 0 Å². The predicted molar refractivity (Wildman–Crippen MR) is 135 cm³/mol. The number of carbonyl (C=O) groups excluding carboxylic acids is 2. The Labute approximate surface area is 202 Å². The number of rotatable bonds is 5. The van der Waals surface area contributed by atoms with Gasteiger partial charge in [-0.05, 0) is 66.8 Å². The van der Waals surface area contributed by atoms with Gasteiger partial charge in [-0.25, -0.2) is 4.79 Å². The van der Waals surface area contributed by atoms with Crippen molar-refractivity contribution in [3.8, 4) is 0 Å². The number of fused-ring (bicyclic) bond motifs is 1. The maximum absolute atomic E-state index is 13.3. The molecule has 0 aromatic heterocycles. The zero-order valence-corrected chi connectivity index (χ0v) is 20.6. The molecule has 7 heteroatoms. The summed E-state index contributed by atoms with van der Waals surface area (Å²) in [6, 6.07) is 13.1. The molecule has 2 aliphatic rings. The van der Waals surface area contributed by atoms with E-state index in [1.165, 1.54) is 16.7 Å². The van der Waals surface area contributed by atoms with E-state index in [0.29, 0.717) is 24.6 Å².